The Morgan fingerprint density at radius 3 is 3.19 bits per heavy atom. The molecule has 2 heterocycles. The van der Waals surface area contributed by atoms with E-state index < -0.39 is 6.09 Å². The molecule has 6 heteroatoms. The number of fused-ring (bicyclic) bond motifs is 1. The number of hydrogen-bond acceptors (Lipinski definition) is 3. The molecule has 5 nitrogen and oxygen atoms in total. The van der Waals surface area contributed by atoms with Gasteiger partial charge in [0.2, 0.25) is 0 Å². The van der Waals surface area contributed by atoms with Gasteiger partial charge in [-0.3, -0.25) is 9.72 Å². The van der Waals surface area contributed by atoms with Gasteiger partial charge in [0.15, 0.2) is 0 Å². The van der Waals surface area contributed by atoms with E-state index >= 15 is 0 Å². The average molecular weight is 284 g/mol. The fraction of sp³-hybridized carbons (Fsp3) is 0.200. The minimum absolute atomic E-state index is 0.350. The van der Waals surface area contributed by atoms with Crippen LogP contribution in [0.15, 0.2) is 29.1 Å². The Labute approximate surface area is 101 Å². The summed E-state index contributed by atoms with van der Waals surface area (Å²) in [5.41, 5.74) is 1.46. The molecule has 0 radical (unpaired) electrons. The molecule has 0 saturated heterocycles. The highest BCUT2D eigenvalue weighted by atomic mass is 79.9. The Hall–Kier alpha value is -1.56. The van der Waals surface area contributed by atoms with Gasteiger partial charge in [-0.2, -0.15) is 0 Å². The van der Waals surface area contributed by atoms with Crippen LogP contribution in [0, 0.1) is 0 Å². The summed E-state index contributed by atoms with van der Waals surface area (Å²) in [5.74, 6) is 0. The number of aromatic nitrogens is 2. The van der Waals surface area contributed by atoms with E-state index in [2.05, 4.69) is 26.2 Å². The molecule has 0 saturated carbocycles. The highest BCUT2D eigenvalue weighted by molar-refractivity contribution is 9.10. The van der Waals surface area contributed by atoms with E-state index in [4.69, 9.17) is 4.74 Å². The summed E-state index contributed by atoms with van der Waals surface area (Å²) in [6.07, 6.45) is 3.00. The van der Waals surface area contributed by atoms with Gasteiger partial charge in [-0.1, -0.05) is 0 Å². The maximum absolute atomic E-state index is 11.2. The summed E-state index contributed by atoms with van der Waals surface area (Å²) in [7, 11) is 0. The first-order chi connectivity index (χ1) is 7.70. The van der Waals surface area contributed by atoms with Crippen molar-refractivity contribution in [2.45, 2.75) is 6.92 Å². The normalized spacial score (nSPS) is 10.4. The van der Waals surface area contributed by atoms with Crippen molar-refractivity contribution in [1.82, 2.24) is 9.38 Å². The number of rotatable bonds is 2. The molecule has 0 aliphatic heterocycles. The zero-order chi connectivity index (χ0) is 11.5. The van der Waals surface area contributed by atoms with Gasteiger partial charge in [0, 0.05) is 6.20 Å². The number of anilines is 1. The van der Waals surface area contributed by atoms with Crippen molar-refractivity contribution in [1.29, 1.82) is 0 Å². The van der Waals surface area contributed by atoms with Gasteiger partial charge in [0.25, 0.3) is 0 Å². The second kappa shape index (κ2) is 4.52. The summed E-state index contributed by atoms with van der Waals surface area (Å²) in [6, 6.07) is 3.58. The zero-order valence-electron chi connectivity index (χ0n) is 8.61. The first kappa shape index (κ1) is 10.9. The van der Waals surface area contributed by atoms with Crippen molar-refractivity contribution in [2.75, 3.05) is 11.9 Å². The fourth-order valence-electron chi connectivity index (χ4n) is 1.31. The number of nitrogens with zero attached hydrogens (tertiary/aromatic N) is 2. The van der Waals surface area contributed by atoms with Crippen LogP contribution in [0.4, 0.5) is 10.5 Å². The molecule has 0 spiro atoms. The lowest BCUT2D eigenvalue weighted by atomic mass is 10.4. The van der Waals surface area contributed by atoms with Gasteiger partial charge in [0.1, 0.15) is 10.3 Å². The molecule has 0 bridgehead atoms. The van der Waals surface area contributed by atoms with Gasteiger partial charge in [-0.15, -0.1) is 0 Å². The molecule has 16 heavy (non-hydrogen) atoms. The van der Waals surface area contributed by atoms with Gasteiger partial charge < -0.3 is 4.74 Å². The standard InChI is InChI=1S/C10H10BrN3O2/c1-2-16-10(15)13-7-3-4-9-12-5-8(11)14(9)6-7/h3-6H,2H2,1H3,(H,13,15). The van der Waals surface area contributed by atoms with Crippen molar-refractivity contribution in [2.24, 2.45) is 0 Å². The molecule has 0 atom stereocenters. The molecule has 0 aliphatic carbocycles. The predicted octanol–water partition coefficient (Wildman–Crippen LogP) is 2.67. The molecule has 0 unspecified atom stereocenters. The highest BCUT2D eigenvalue weighted by Gasteiger charge is 2.04. The largest absolute Gasteiger partial charge is 0.450 e. The van der Waals surface area contributed by atoms with Gasteiger partial charge in [-0.25, -0.2) is 9.78 Å². The van der Waals surface area contributed by atoms with E-state index in [1.54, 1.807) is 25.4 Å². The second-order valence-electron chi connectivity index (χ2n) is 3.07. The van der Waals surface area contributed by atoms with Crippen LogP contribution >= 0.6 is 15.9 Å². The summed E-state index contributed by atoms with van der Waals surface area (Å²) < 4.78 is 7.43. The molecule has 0 aromatic carbocycles. The summed E-state index contributed by atoms with van der Waals surface area (Å²) >= 11 is 3.35. The van der Waals surface area contributed by atoms with Crippen LogP contribution in [-0.2, 0) is 4.74 Å². The molecule has 1 amide bonds. The van der Waals surface area contributed by atoms with Gasteiger partial charge in [-0.05, 0) is 35.0 Å². The lowest BCUT2D eigenvalue weighted by molar-refractivity contribution is 0.168. The smallest absolute Gasteiger partial charge is 0.411 e. The zero-order valence-corrected chi connectivity index (χ0v) is 10.2. The predicted molar refractivity (Wildman–Crippen MR) is 63.5 cm³/mol. The maximum Gasteiger partial charge on any atom is 0.411 e. The van der Waals surface area contributed by atoms with Crippen LogP contribution in [0.5, 0.6) is 0 Å². The Bertz CT molecular complexity index is 524. The number of nitrogens with one attached hydrogen (secondary N) is 1. The second-order valence-corrected chi connectivity index (χ2v) is 3.88. The summed E-state index contributed by atoms with van der Waals surface area (Å²) in [4.78, 5) is 15.3. The van der Waals surface area contributed by atoms with Crippen LogP contribution in [-0.4, -0.2) is 22.1 Å². The van der Waals surface area contributed by atoms with Crippen LogP contribution in [0.2, 0.25) is 0 Å². The van der Waals surface area contributed by atoms with Crippen LogP contribution in [0.25, 0.3) is 5.65 Å². The average Bonchev–Trinajstić information content (AvgIpc) is 2.61. The van der Waals surface area contributed by atoms with Crippen molar-refractivity contribution in [3.05, 3.63) is 29.1 Å². The third kappa shape index (κ3) is 2.16. The van der Waals surface area contributed by atoms with E-state index in [0.717, 1.165) is 10.3 Å². The van der Waals surface area contributed by atoms with Crippen molar-refractivity contribution < 1.29 is 9.53 Å². The van der Waals surface area contributed by atoms with E-state index in [1.807, 2.05) is 10.5 Å². The van der Waals surface area contributed by atoms with Crippen LogP contribution < -0.4 is 5.32 Å². The molecule has 0 aliphatic rings. The lowest BCUT2D eigenvalue weighted by Crippen LogP contribution is -2.13. The topological polar surface area (TPSA) is 55.6 Å². The number of pyridine rings is 1. The van der Waals surface area contributed by atoms with E-state index in [0.29, 0.717) is 12.3 Å². The lowest BCUT2D eigenvalue weighted by Gasteiger charge is -2.05. The van der Waals surface area contributed by atoms with Crippen LogP contribution in [0.1, 0.15) is 6.92 Å². The molecule has 0 fully saturated rings. The number of carbonyl (C=O) groups is 1. The summed E-state index contributed by atoms with van der Waals surface area (Å²) in [6.45, 7) is 2.11. The number of carbonyl (C=O) groups excluding carboxylic acids is 1. The summed E-state index contributed by atoms with van der Waals surface area (Å²) in [5, 5.41) is 2.62. The molecule has 1 N–H and O–H groups in total. The van der Waals surface area contributed by atoms with Crippen molar-refractivity contribution >= 4 is 33.4 Å². The quantitative estimate of drug-likeness (QED) is 0.922. The van der Waals surface area contributed by atoms with E-state index in [-0.39, 0.29) is 0 Å². The molecule has 2 rings (SSSR count). The fourth-order valence-corrected chi connectivity index (χ4v) is 1.70. The van der Waals surface area contributed by atoms with Gasteiger partial charge >= 0.3 is 6.09 Å². The van der Waals surface area contributed by atoms with Crippen molar-refractivity contribution in [3.63, 3.8) is 0 Å². The number of halogens is 1. The number of hydrogen-bond donors (Lipinski definition) is 1. The third-order valence-corrected chi connectivity index (χ3v) is 2.57. The molecular formula is C10H10BrN3O2. The number of ether oxygens (including phenoxy) is 1. The monoisotopic (exact) mass is 283 g/mol. The molecule has 2 aromatic heterocycles. The third-order valence-electron chi connectivity index (χ3n) is 1.98. The maximum atomic E-state index is 11.2. The molecule has 2 aromatic rings. The Balaban J connectivity index is 2.25. The van der Waals surface area contributed by atoms with Crippen LogP contribution in [0.3, 0.4) is 0 Å². The molecular weight excluding hydrogens is 274 g/mol. The van der Waals surface area contributed by atoms with Gasteiger partial charge in [0.05, 0.1) is 18.5 Å². The first-order valence-corrected chi connectivity index (χ1v) is 5.56. The Kier molecular flexibility index (Phi) is 3.09. The van der Waals surface area contributed by atoms with E-state index in [1.165, 1.54) is 0 Å². The van der Waals surface area contributed by atoms with E-state index in [9.17, 15) is 4.79 Å². The number of imidazole rings is 1. The Morgan fingerprint density at radius 1 is 1.62 bits per heavy atom. The SMILES string of the molecule is CCOC(=O)Nc1ccc2ncc(Br)n2c1. The first-order valence-electron chi connectivity index (χ1n) is 4.77. The Morgan fingerprint density at radius 2 is 2.44 bits per heavy atom. The number of amides is 1. The highest BCUT2D eigenvalue weighted by Crippen LogP contribution is 2.16. The minimum atomic E-state index is -0.460. The van der Waals surface area contributed by atoms with Crippen molar-refractivity contribution in [3.8, 4) is 0 Å². The minimum Gasteiger partial charge on any atom is -0.450 e. The molecule has 84 valence electrons.